The predicted molar refractivity (Wildman–Crippen MR) is 100 cm³/mol. The lowest BCUT2D eigenvalue weighted by atomic mass is 10.3. The molecule has 0 amide bonds. The van der Waals surface area contributed by atoms with Crippen LogP contribution < -0.4 is 4.57 Å². The van der Waals surface area contributed by atoms with Crippen LogP contribution in [0.2, 0.25) is 0 Å². The Bertz CT molecular complexity index is 827. The molecule has 0 spiro atoms. The molecule has 1 aromatic heterocycles. The van der Waals surface area contributed by atoms with E-state index in [9.17, 15) is 43.2 Å². The quantitative estimate of drug-likeness (QED) is 0.238. The van der Waals surface area contributed by atoms with Crippen molar-refractivity contribution in [3.8, 4) is 0 Å². The topological polar surface area (TPSA) is 110 Å². The molecule has 0 aliphatic rings. The number of imidazole rings is 1. The molecule has 190 valence electrons. The van der Waals surface area contributed by atoms with Gasteiger partial charge in [-0.1, -0.05) is 13.3 Å². The highest BCUT2D eigenvalue weighted by Crippen LogP contribution is 2.36. The summed E-state index contributed by atoms with van der Waals surface area (Å²) in [6.07, 6.45) is 8.83. The second-order valence-electron chi connectivity index (χ2n) is 5.97. The van der Waals surface area contributed by atoms with Crippen LogP contribution >= 0.6 is 0 Å². The number of sulfonamides is 2. The average Bonchev–Trinajstić information content (AvgIpc) is 3.08. The number of rotatable bonds is 12. The van der Waals surface area contributed by atoms with Gasteiger partial charge in [-0.15, -0.1) is 0 Å². The maximum Gasteiger partial charge on any atom is 0.480 e. The summed E-state index contributed by atoms with van der Waals surface area (Å²) in [7, 11) is -13.4. The molecule has 0 fully saturated rings. The van der Waals surface area contributed by atoms with Crippen LogP contribution in [0.3, 0.4) is 0 Å². The van der Waals surface area contributed by atoms with Crippen LogP contribution in [0, 0.1) is 0 Å². The van der Waals surface area contributed by atoms with Crippen molar-refractivity contribution in [2.45, 2.75) is 50.8 Å². The molecule has 0 radical (unpaired) electrons. The third kappa shape index (κ3) is 11.4. The summed E-state index contributed by atoms with van der Waals surface area (Å²) in [5, 5.41) is 0. The van der Waals surface area contributed by atoms with E-state index in [0.29, 0.717) is 13.2 Å². The van der Waals surface area contributed by atoms with E-state index in [-0.39, 0.29) is 0 Å². The smallest absolute Gasteiger partial charge is 0.421 e. The van der Waals surface area contributed by atoms with Crippen molar-refractivity contribution in [3.05, 3.63) is 22.8 Å². The molecule has 1 rings (SSSR count). The monoisotopic (exact) mass is 521 g/mol. The van der Waals surface area contributed by atoms with E-state index in [1.54, 1.807) is 0 Å². The van der Waals surface area contributed by atoms with Gasteiger partial charge in [0.05, 0.1) is 26.4 Å². The highest BCUT2D eigenvalue weighted by Gasteiger charge is 2.46. The summed E-state index contributed by atoms with van der Waals surface area (Å²) in [5.41, 5.74) is -12.4. The molecule has 0 unspecified atom stereocenters. The first-order chi connectivity index (χ1) is 14.6. The van der Waals surface area contributed by atoms with E-state index in [1.807, 2.05) is 6.92 Å². The molecule has 0 aliphatic heterocycles. The van der Waals surface area contributed by atoms with Crippen molar-refractivity contribution in [3.63, 3.8) is 0 Å². The molecule has 17 heteroatoms. The summed E-state index contributed by atoms with van der Waals surface area (Å²) in [6.45, 7) is 9.11. The van der Waals surface area contributed by atoms with E-state index in [2.05, 4.69) is 34.8 Å². The molecule has 0 aromatic carbocycles. The molecule has 0 N–H and O–H groups in total. The Morgan fingerprint density at radius 2 is 1.44 bits per heavy atom. The number of hydrogen-bond donors (Lipinski definition) is 0. The molecular formula is C15H25F6N3O6S2. The van der Waals surface area contributed by atoms with Gasteiger partial charge in [0.1, 0.15) is 18.9 Å². The predicted octanol–water partition coefficient (Wildman–Crippen LogP) is 2.69. The largest absolute Gasteiger partial charge is 0.480 e. The van der Waals surface area contributed by atoms with Crippen molar-refractivity contribution in [2.24, 2.45) is 0 Å². The van der Waals surface area contributed by atoms with E-state index < -0.39 is 31.1 Å². The maximum atomic E-state index is 11.4. The van der Waals surface area contributed by atoms with E-state index in [4.69, 9.17) is 9.47 Å². The Morgan fingerprint density at radius 3 is 1.91 bits per heavy atom. The highest BCUT2D eigenvalue weighted by molar-refractivity contribution is 8.13. The first-order valence-electron chi connectivity index (χ1n) is 9.14. The van der Waals surface area contributed by atoms with Crippen molar-refractivity contribution in [1.82, 2.24) is 4.57 Å². The minimum atomic E-state index is -6.72. The van der Waals surface area contributed by atoms with Crippen LogP contribution in [0.25, 0.3) is 4.13 Å². The van der Waals surface area contributed by atoms with Gasteiger partial charge >= 0.3 is 11.0 Å². The second-order valence-corrected chi connectivity index (χ2v) is 9.39. The molecule has 0 aliphatic carbocycles. The van der Waals surface area contributed by atoms with Gasteiger partial charge in [-0.3, -0.25) is 0 Å². The Morgan fingerprint density at radius 1 is 0.906 bits per heavy atom. The SMILES string of the molecule is CCCC[n+]1ccn(CCOCCOCC)c1.O=S(=O)([N-]S(=O)(=O)C(F)(F)F)C(F)(F)F. The van der Waals surface area contributed by atoms with Gasteiger partial charge in [-0.05, 0) is 13.3 Å². The Balaban J connectivity index is 0.000000607. The van der Waals surface area contributed by atoms with Crippen molar-refractivity contribution in [1.29, 1.82) is 0 Å². The lowest BCUT2D eigenvalue weighted by molar-refractivity contribution is -0.696. The summed E-state index contributed by atoms with van der Waals surface area (Å²) < 4.78 is 124. The summed E-state index contributed by atoms with van der Waals surface area (Å²) in [4.78, 5) is 0. The molecule has 0 atom stereocenters. The summed E-state index contributed by atoms with van der Waals surface area (Å²) >= 11 is 0. The fraction of sp³-hybridized carbons (Fsp3) is 0.800. The number of unbranched alkanes of at least 4 members (excludes halogenated alkanes) is 1. The van der Waals surface area contributed by atoms with E-state index in [0.717, 1.165) is 30.4 Å². The minimum absolute atomic E-state index is 0.685. The number of halogens is 6. The summed E-state index contributed by atoms with van der Waals surface area (Å²) in [5.74, 6) is 0. The molecule has 1 aromatic rings. The van der Waals surface area contributed by atoms with Gasteiger partial charge in [-0.25, -0.2) is 26.0 Å². The van der Waals surface area contributed by atoms with Crippen molar-refractivity contribution >= 4 is 20.0 Å². The third-order valence-corrected chi connectivity index (χ3v) is 6.11. The number of aryl methyl sites for hydroxylation is 1. The van der Waals surface area contributed by atoms with Gasteiger partial charge in [0.25, 0.3) is 0 Å². The van der Waals surface area contributed by atoms with Crippen LogP contribution in [0.5, 0.6) is 0 Å². The first kappa shape index (κ1) is 30.6. The number of aromatic nitrogens is 2. The average molecular weight is 522 g/mol. The minimum Gasteiger partial charge on any atom is -0.421 e. The highest BCUT2D eigenvalue weighted by atomic mass is 32.3. The second kappa shape index (κ2) is 13.3. The Hall–Kier alpha value is -1.43. The van der Waals surface area contributed by atoms with Crippen LogP contribution in [0.1, 0.15) is 26.7 Å². The fourth-order valence-corrected chi connectivity index (χ4v) is 3.50. The zero-order valence-electron chi connectivity index (χ0n) is 17.3. The maximum absolute atomic E-state index is 11.4. The van der Waals surface area contributed by atoms with Gasteiger partial charge in [0.15, 0.2) is 20.0 Å². The van der Waals surface area contributed by atoms with Gasteiger partial charge < -0.3 is 13.6 Å². The zero-order chi connectivity index (χ0) is 25.1. The fourth-order valence-electron chi connectivity index (χ4n) is 1.79. The lowest BCUT2D eigenvalue weighted by Gasteiger charge is -2.22. The van der Waals surface area contributed by atoms with Crippen LogP contribution in [0.15, 0.2) is 18.7 Å². The first-order valence-corrected chi connectivity index (χ1v) is 12.0. The lowest BCUT2D eigenvalue weighted by Crippen LogP contribution is -2.30. The summed E-state index contributed by atoms with van der Waals surface area (Å²) in [6, 6.07) is 0. The molecular weight excluding hydrogens is 496 g/mol. The number of alkyl halides is 6. The standard InChI is InChI=1S/C13H25N2O2.C2F6NO4S2/c1-3-5-6-14-7-8-15(13-14)9-10-17-12-11-16-4-2;3-1(4,5)14(10,11)9-15(12,13)2(6,7)8/h7-8,13H,3-6,9-12H2,1-2H3;/q+1;-1. The Labute approximate surface area is 182 Å². The number of nitrogens with zero attached hydrogens (tertiary/aromatic N) is 3. The van der Waals surface area contributed by atoms with Crippen molar-refractivity contribution in [2.75, 3.05) is 26.4 Å². The van der Waals surface area contributed by atoms with Crippen LogP contribution in [-0.2, 0) is 42.6 Å². The van der Waals surface area contributed by atoms with Gasteiger partial charge in [-0.2, -0.15) is 26.3 Å². The van der Waals surface area contributed by atoms with Crippen LogP contribution in [-0.4, -0.2) is 58.8 Å². The Kier molecular flexibility index (Phi) is 12.7. The number of hydrogen-bond acceptors (Lipinski definition) is 6. The molecule has 9 nitrogen and oxygen atoms in total. The van der Waals surface area contributed by atoms with Crippen LogP contribution in [0.4, 0.5) is 26.3 Å². The molecule has 0 saturated carbocycles. The molecule has 32 heavy (non-hydrogen) atoms. The van der Waals surface area contributed by atoms with Crippen molar-refractivity contribution < 1.29 is 57.2 Å². The normalized spacial score (nSPS) is 13.0. The van der Waals surface area contributed by atoms with Gasteiger partial charge in [0.2, 0.25) is 6.33 Å². The molecule has 1 heterocycles. The van der Waals surface area contributed by atoms with Gasteiger partial charge in [0, 0.05) is 6.61 Å². The zero-order valence-corrected chi connectivity index (χ0v) is 18.9. The van der Waals surface area contributed by atoms with E-state index >= 15 is 0 Å². The molecule has 0 bridgehead atoms. The van der Waals surface area contributed by atoms with E-state index in [1.165, 1.54) is 12.8 Å². The number of ether oxygens (including phenoxy) is 2. The third-order valence-electron chi connectivity index (χ3n) is 3.37. The molecule has 0 saturated heterocycles.